The Morgan fingerprint density at radius 2 is 1.77 bits per heavy atom. The zero-order valence-electron chi connectivity index (χ0n) is 18.8. The quantitative estimate of drug-likeness (QED) is 0.534. The van der Waals surface area contributed by atoms with Gasteiger partial charge in [0, 0.05) is 31.4 Å². The van der Waals surface area contributed by atoms with Crippen molar-refractivity contribution in [3.63, 3.8) is 0 Å². The predicted octanol–water partition coefficient (Wildman–Crippen LogP) is 5.02. The Morgan fingerprint density at radius 1 is 1.13 bits per heavy atom. The highest BCUT2D eigenvalue weighted by atomic mass is 32.2. The zero-order chi connectivity index (χ0) is 22.6. The standard InChI is InChI=1S/C24H33N3O2S2/c1-5-26(6-2)31(28,29)22-15-12-18(3)23(16-22)25-24(30)27(19(4)21-13-14-21)17-20-10-8-7-9-11-20/h7-12,15-16,19,21H,5-6,13-14,17H2,1-4H3,(H,25,30)/t19-/m1/s1. The molecule has 0 amide bonds. The monoisotopic (exact) mass is 459 g/mol. The van der Waals surface area contributed by atoms with Gasteiger partial charge in [0.15, 0.2) is 5.11 Å². The van der Waals surface area contributed by atoms with Gasteiger partial charge in [-0.2, -0.15) is 4.31 Å². The van der Waals surface area contributed by atoms with Gasteiger partial charge in [-0.25, -0.2) is 8.42 Å². The van der Waals surface area contributed by atoms with Crippen molar-refractivity contribution < 1.29 is 8.42 Å². The molecule has 31 heavy (non-hydrogen) atoms. The lowest BCUT2D eigenvalue weighted by atomic mass is 10.1. The Hall–Kier alpha value is -1.96. The summed E-state index contributed by atoms with van der Waals surface area (Å²) in [5, 5.41) is 3.98. The maximum atomic E-state index is 13.0. The Morgan fingerprint density at radius 3 is 2.35 bits per heavy atom. The molecule has 0 heterocycles. The number of hydrogen-bond donors (Lipinski definition) is 1. The molecule has 168 valence electrons. The van der Waals surface area contributed by atoms with Crippen molar-refractivity contribution in [1.29, 1.82) is 0 Å². The van der Waals surface area contributed by atoms with Crippen LogP contribution >= 0.6 is 12.2 Å². The topological polar surface area (TPSA) is 52.7 Å². The van der Waals surface area contributed by atoms with Gasteiger partial charge in [-0.3, -0.25) is 0 Å². The summed E-state index contributed by atoms with van der Waals surface area (Å²) in [7, 11) is -3.53. The molecule has 1 N–H and O–H groups in total. The molecule has 1 atom stereocenters. The molecule has 1 saturated carbocycles. The molecule has 0 unspecified atom stereocenters. The number of sulfonamides is 1. The first-order valence-electron chi connectivity index (χ1n) is 11.0. The van der Waals surface area contributed by atoms with Gasteiger partial charge in [0.1, 0.15) is 0 Å². The molecule has 2 aromatic carbocycles. The van der Waals surface area contributed by atoms with E-state index in [1.807, 2.05) is 45.0 Å². The SMILES string of the molecule is CCN(CC)S(=O)(=O)c1ccc(C)c(NC(=S)N(Cc2ccccc2)[C@H](C)C2CC2)c1. The van der Waals surface area contributed by atoms with Crippen LogP contribution in [0.5, 0.6) is 0 Å². The number of nitrogens with zero attached hydrogens (tertiary/aromatic N) is 2. The fraction of sp³-hybridized carbons (Fsp3) is 0.458. The van der Waals surface area contributed by atoms with Crippen LogP contribution in [0.4, 0.5) is 5.69 Å². The van der Waals surface area contributed by atoms with E-state index in [4.69, 9.17) is 12.2 Å². The largest absolute Gasteiger partial charge is 0.342 e. The third kappa shape index (κ3) is 5.64. The molecule has 1 aliphatic carbocycles. The fourth-order valence-electron chi connectivity index (χ4n) is 3.81. The minimum Gasteiger partial charge on any atom is -0.342 e. The van der Waals surface area contributed by atoms with Crippen LogP contribution in [0.3, 0.4) is 0 Å². The molecule has 0 aliphatic heterocycles. The molecule has 0 aromatic heterocycles. The molecule has 1 aliphatic rings. The summed E-state index contributed by atoms with van der Waals surface area (Å²) in [6.45, 7) is 9.50. The average Bonchev–Trinajstić information content (AvgIpc) is 3.60. The molecular weight excluding hydrogens is 426 g/mol. The van der Waals surface area contributed by atoms with Crippen LogP contribution in [0.25, 0.3) is 0 Å². The van der Waals surface area contributed by atoms with Crippen molar-refractivity contribution in [1.82, 2.24) is 9.21 Å². The molecule has 2 aromatic rings. The van der Waals surface area contributed by atoms with Crippen LogP contribution in [0.2, 0.25) is 0 Å². The third-order valence-corrected chi connectivity index (χ3v) is 8.43. The van der Waals surface area contributed by atoms with Crippen LogP contribution < -0.4 is 5.32 Å². The van der Waals surface area contributed by atoms with E-state index in [2.05, 4.69) is 29.3 Å². The number of benzene rings is 2. The van der Waals surface area contributed by atoms with E-state index in [0.717, 1.165) is 17.8 Å². The van der Waals surface area contributed by atoms with Gasteiger partial charge in [-0.1, -0.05) is 50.2 Å². The Labute approximate surface area is 192 Å². The van der Waals surface area contributed by atoms with Crippen LogP contribution in [0, 0.1) is 12.8 Å². The lowest BCUT2D eigenvalue weighted by molar-refractivity contribution is 0.298. The van der Waals surface area contributed by atoms with E-state index in [0.29, 0.717) is 30.2 Å². The first-order valence-corrected chi connectivity index (χ1v) is 12.8. The Bertz CT molecular complexity index is 1000. The van der Waals surface area contributed by atoms with Crippen LogP contribution in [0.1, 0.15) is 44.7 Å². The van der Waals surface area contributed by atoms with Crippen molar-refractivity contribution in [2.45, 2.75) is 58.0 Å². The smallest absolute Gasteiger partial charge is 0.243 e. The van der Waals surface area contributed by atoms with Gasteiger partial charge in [-0.05, 0) is 68.1 Å². The van der Waals surface area contributed by atoms with Crippen LogP contribution in [-0.2, 0) is 16.6 Å². The Kier molecular flexibility index (Phi) is 7.73. The van der Waals surface area contributed by atoms with Crippen molar-refractivity contribution in [3.8, 4) is 0 Å². The summed E-state index contributed by atoms with van der Waals surface area (Å²) in [5.74, 6) is 0.652. The van der Waals surface area contributed by atoms with E-state index in [-0.39, 0.29) is 4.90 Å². The fourth-order valence-corrected chi connectivity index (χ4v) is 5.64. The summed E-state index contributed by atoms with van der Waals surface area (Å²) in [4.78, 5) is 2.52. The van der Waals surface area contributed by atoms with Crippen LogP contribution in [0.15, 0.2) is 53.4 Å². The highest BCUT2D eigenvalue weighted by molar-refractivity contribution is 7.89. The minimum atomic E-state index is -3.53. The molecule has 0 saturated heterocycles. The van der Waals surface area contributed by atoms with Crippen molar-refractivity contribution in [3.05, 3.63) is 59.7 Å². The van der Waals surface area contributed by atoms with Crippen LogP contribution in [-0.4, -0.2) is 41.9 Å². The number of hydrogen-bond acceptors (Lipinski definition) is 3. The molecular formula is C24H33N3O2S2. The average molecular weight is 460 g/mol. The first-order chi connectivity index (χ1) is 14.8. The number of anilines is 1. The van der Waals surface area contributed by atoms with Gasteiger partial charge >= 0.3 is 0 Å². The maximum absolute atomic E-state index is 13.0. The summed E-state index contributed by atoms with van der Waals surface area (Å²) < 4.78 is 27.4. The van der Waals surface area contributed by atoms with E-state index in [1.165, 1.54) is 22.7 Å². The summed E-state index contributed by atoms with van der Waals surface area (Å²) in [5.41, 5.74) is 2.90. The molecule has 7 heteroatoms. The molecule has 3 rings (SSSR count). The summed E-state index contributed by atoms with van der Waals surface area (Å²) >= 11 is 5.83. The third-order valence-electron chi connectivity index (χ3n) is 6.05. The second-order valence-corrected chi connectivity index (χ2v) is 10.5. The number of aryl methyl sites for hydroxylation is 1. The van der Waals surface area contributed by atoms with Crippen molar-refractivity contribution in [2.24, 2.45) is 5.92 Å². The molecule has 1 fully saturated rings. The van der Waals surface area contributed by atoms with Gasteiger partial charge in [-0.15, -0.1) is 0 Å². The molecule has 5 nitrogen and oxygen atoms in total. The predicted molar refractivity (Wildman–Crippen MR) is 132 cm³/mol. The molecule has 0 radical (unpaired) electrons. The van der Waals surface area contributed by atoms with E-state index in [9.17, 15) is 8.42 Å². The normalized spacial score (nSPS) is 15.0. The number of nitrogens with one attached hydrogen (secondary N) is 1. The van der Waals surface area contributed by atoms with E-state index in [1.54, 1.807) is 12.1 Å². The highest BCUT2D eigenvalue weighted by Crippen LogP contribution is 2.36. The lowest BCUT2D eigenvalue weighted by Gasteiger charge is -2.32. The van der Waals surface area contributed by atoms with Crippen molar-refractivity contribution >= 4 is 33.0 Å². The second kappa shape index (κ2) is 10.1. The molecule has 0 bridgehead atoms. The van der Waals surface area contributed by atoms with Gasteiger partial charge in [0.25, 0.3) is 0 Å². The summed E-state index contributed by atoms with van der Waals surface area (Å²) in [6.07, 6.45) is 2.46. The lowest BCUT2D eigenvalue weighted by Crippen LogP contribution is -2.42. The molecule has 0 spiro atoms. The van der Waals surface area contributed by atoms with Gasteiger partial charge in [0.05, 0.1) is 4.90 Å². The minimum absolute atomic E-state index is 0.289. The van der Waals surface area contributed by atoms with E-state index >= 15 is 0 Å². The first kappa shape index (κ1) is 23.7. The highest BCUT2D eigenvalue weighted by Gasteiger charge is 2.33. The second-order valence-electron chi connectivity index (χ2n) is 8.19. The number of rotatable bonds is 9. The zero-order valence-corrected chi connectivity index (χ0v) is 20.5. The van der Waals surface area contributed by atoms with Gasteiger partial charge in [0.2, 0.25) is 10.0 Å². The van der Waals surface area contributed by atoms with Crippen molar-refractivity contribution in [2.75, 3.05) is 18.4 Å². The summed E-state index contributed by atoms with van der Waals surface area (Å²) in [6, 6.07) is 15.9. The maximum Gasteiger partial charge on any atom is 0.243 e. The van der Waals surface area contributed by atoms with Gasteiger partial charge < -0.3 is 10.2 Å². The number of thiocarbonyl (C=S) groups is 1. The van der Waals surface area contributed by atoms with E-state index < -0.39 is 10.0 Å². The Balaban J connectivity index is 1.86.